The zero-order chi connectivity index (χ0) is 15.0. The second-order valence-electron chi connectivity index (χ2n) is 5.25. The molecule has 0 saturated heterocycles. The highest BCUT2D eigenvalue weighted by molar-refractivity contribution is 6.32. The van der Waals surface area contributed by atoms with Gasteiger partial charge in [-0.25, -0.2) is 9.97 Å². The Morgan fingerprint density at radius 3 is 2.60 bits per heavy atom. The van der Waals surface area contributed by atoms with Crippen LogP contribution in [0, 0.1) is 11.8 Å². The van der Waals surface area contributed by atoms with Gasteiger partial charge in [-0.2, -0.15) is 0 Å². The quantitative estimate of drug-likeness (QED) is 0.463. The Hall–Kier alpha value is -1.19. The van der Waals surface area contributed by atoms with E-state index in [0.29, 0.717) is 12.1 Å². The summed E-state index contributed by atoms with van der Waals surface area (Å²) in [6.45, 7) is 9.85. The molecule has 1 heterocycles. The van der Waals surface area contributed by atoms with Crippen LogP contribution in [0.4, 0.5) is 0 Å². The van der Waals surface area contributed by atoms with E-state index in [4.69, 9.17) is 23.2 Å². The summed E-state index contributed by atoms with van der Waals surface area (Å²) in [6, 6.07) is 1.65. The van der Waals surface area contributed by atoms with Crippen molar-refractivity contribution in [1.82, 2.24) is 9.97 Å². The molecule has 1 aromatic heterocycles. The molecule has 2 unspecified atom stereocenters. The number of hydrogen-bond donors (Lipinski definition) is 0. The van der Waals surface area contributed by atoms with E-state index in [1.165, 1.54) is 0 Å². The third-order valence-corrected chi connectivity index (χ3v) is 4.23. The predicted molar refractivity (Wildman–Crippen MR) is 81.7 cm³/mol. The first-order valence-corrected chi connectivity index (χ1v) is 7.16. The summed E-state index contributed by atoms with van der Waals surface area (Å²) in [6.07, 6.45) is 0.498. The predicted octanol–water partition coefficient (Wildman–Crippen LogP) is 4.36. The summed E-state index contributed by atoms with van der Waals surface area (Å²) < 4.78 is 0. The SMILES string of the molecule is C=C(C)C1CC(=O)C(C)=C(c2cc(Cl)nc(Cl)n2)C1C. The number of ketones is 1. The lowest BCUT2D eigenvalue weighted by Gasteiger charge is -2.32. The zero-order valence-corrected chi connectivity index (χ0v) is 13.2. The number of aromatic nitrogens is 2. The van der Waals surface area contributed by atoms with Crippen molar-refractivity contribution in [3.8, 4) is 0 Å². The third kappa shape index (κ3) is 2.79. The third-order valence-electron chi connectivity index (χ3n) is 3.86. The minimum atomic E-state index is 0.0879. The van der Waals surface area contributed by atoms with Crippen molar-refractivity contribution in [3.63, 3.8) is 0 Å². The van der Waals surface area contributed by atoms with Crippen molar-refractivity contribution in [1.29, 1.82) is 0 Å². The van der Waals surface area contributed by atoms with Gasteiger partial charge >= 0.3 is 0 Å². The molecule has 0 N–H and O–H groups in total. The molecule has 0 spiro atoms. The smallest absolute Gasteiger partial charge is 0.224 e. The molecule has 0 saturated carbocycles. The van der Waals surface area contributed by atoms with Crippen LogP contribution < -0.4 is 0 Å². The van der Waals surface area contributed by atoms with Gasteiger partial charge in [0.2, 0.25) is 5.28 Å². The second-order valence-corrected chi connectivity index (χ2v) is 5.98. The lowest BCUT2D eigenvalue weighted by Crippen LogP contribution is -2.26. The average molecular weight is 311 g/mol. The van der Waals surface area contributed by atoms with Crippen molar-refractivity contribution in [2.45, 2.75) is 27.2 Å². The van der Waals surface area contributed by atoms with Crippen LogP contribution in [0.1, 0.15) is 32.9 Å². The number of Topliss-reactive ketones (excluding diaryl/α,β-unsaturated/α-hetero) is 1. The van der Waals surface area contributed by atoms with Crippen LogP contribution in [0.25, 0.3) is 5.57 Å². The number of halogens is 2. The Morgan fingerprint density at radius 2 is 2.05 bits per heavy atom. The summed E-state index contributed by atoms with van der Waals surface area (Å²) in [5.74, 6) is 0.387. The molecule has 20 heavy (non-hydrogen) atoms. The number of allylic oxidation sites excluding steroid dienone is 3. The molecule has 5 heteroatoms. The lowest BCUT2D eigenvalue weighted by atomic mass is 9.72. The lowest BCUT2D eigenvalue weighted by molar-refractivity contribution is -0.116. The minimum absolute atomic E-state index is 0.0879. The van der Waals surface area contributed by atoms with Crippen molar-refractivity contribution >= 4 is 34.6 Å². The van der Waals surface area contributed by atoms with Crippen molar-refractivity contribution < 1.29 is 4.79 Å². The Kier molecular flexibility index (Phi) is 4.31. The number of hydrogen-bond acceptors (Lipinski definition) is 3. The maximum atomic E-state index is 12.2. The number of rotatable bonds is 2. The van der Waals surface area contributed by atoms with Gasteiger partial charge in [-0.05, 0) is 48.4 Å². The van der Waals surface area contributed by atoms with Gasteiger partial charge < -0.3 is 0 Å². The van der Waals surface area contributed by atoms with Crippen LogP contribution in [0.15, 0.2) is 23.8 Å². The van der Waals surface area contributed by atoms with Gasteiger partial charge in [-0.15, -0.1) is 0 Å². The molecule has 2 rings (SSSR count). The number of carbonyl (C=O) groups is 1. The van der Waals surface area contributed by atoms with E-state index < -0.39 is 0 Å². The molecule has 1 aliphatic carbocycles. The molecule has 2 atom stereocenters. The first kappa shape index (κ1) is 15.2. The fourth-order valence-electron chi connectivity index (χ4n) is 2.78. The monoisotopic (exact) mass is 310 g/mol. The summed E-state index contributed by atoms with van der Waals surface area (Å²) in [5, 5.41) is 0.363. The molecule has 0 fully saturated rings. The maximum Gasteiger partial charge on any atom is 0.224 e. The molecule has 0 aliphatic heterocycles. The summed E-state index contributed by atoms with van der Waals surface area (Å²) in [4.78, 5) is 20.3. The normalized spacial score (nSPS) is 23.1. The molecular formula is C15H16Cl2N2O. The van der Waals surface area contributed by atoms with Gasteiger partial charge in [0.1, 0.15) is 5.15 Å². The molecule has 106 valence electrons. The fourth-order valence-corrected chi connectivity index (χ4v) is 3.19. The molecule has 0 amide bonds. The largest absolute Gasteiger partial charge is 0.295 e. The van der Waals surface area contributed by atoms with Crippen molar-refractivity contribution in [2.24, 2.45) is 11.8 Å². The van der Waals surface area contributed by atoms with E-state index in [2.05, 4.69) is 23.5 Å². The molecule has 0 bridgehead atoms. The van der Waals surface area contributed by atoms with Gasteiger partial charge in [0, 0.05) is 12.5 Å². The molecule has 0 aromatic carbocycles. The first-order chi connectivity index (χ1) is 9.31. The summed E-state index contributed by atoms with van der Waals surface area (Å²) in [5.41, 5.74) is 3.24. The highest BCUT2D eigenvalue weighted by atomic mass is 35.5. The van der Waals surface area contributed by atoms with Crippen LogP contribution in [0.3, 0.4) is 0 Å². The molecular weight excluding hydrogens is 295 g/mol. The Balaban J connectivity index is 2.59. The Bertz CT molecular complexity index is 602. The number of nitrogens with zero attached hydrogens (tertiary/aromatic N) is 2. The van der Waals surface area contributed by atoms with Gasteiger partial charge in [0.05, 0.1) is 5.69 Å². The first-order valence-electron chi connectivity index (χ1n) is 6.41. The molecule has 0 radical (unpaired) electrons. The van der Waals surface area contributed by atoms with Gasteiger partial charge in [0.25, 0.3) is 0 Å². The van der Waals surface area contributed by atoms with Gasteiger partial charge in [-0.3, -0.25) is 4.79 Å². The highest BCUT2D eigenvalue weighted by Gasteiger charge is 2.33. The summed E-state index contributed by atoms with van der Waals surface area (Å²) >= 11 is 11.8. The highest BCUT2D eigenvalue weighted by Crippen LogP contribution is 2.41. The Morgan fingerprint density at radius 1 is 1.40 bits per heavy atom. The van der Waals surface area contributed by atoms with Crippen LogP contribution in [0.2, 0.25) is 10.4 Å². The van der Waals surface area contributed by atoms with Gasteiger partial charge in [-0.1, -0.05) is 30.7 Å². The summed E-state index contributed by atoms with van der Waals surface area (Å²) in [7, 11) is 0. The fraction of sp³-hybridized carbons (Fsp3) is 0.400. The van der Waals surface area contributed by atoms with E-state index in [1.54, 1.807) is 6.07 Å². The molecule has 1 aliphatic rings. The second kappa shape index (κ2) is 5.66. The average Bonchev–Trinajstić information content (AvgIpc) is 2.32. The van der Waals surface area contributed by atoms with Crippen molar-refractivity contribution in [2.75, 3.05) is 0 Å². The van der Waals surface area contributed by atoms with Crippen molar-refractivity contribution in [3.05, 3.63) is 39.9 Å². The number of carbonyl (C=O) groups excluding carboxylic acids is 1. The standard InChI is InChI=1S/C15H16Cl2N2O/c1-7(2)10-5-12(20)9(4)14(8(10)3)11-6-13(16)19-15(17)18-11/h6,8,10H,1,5H2,2-4H3. The van der Waals surface area contributed by atoms with E-state index in [9.17, 15) is 4.79 Å². The zero-order valence-electron chi connectivity index (χ0n) is 11.7. The van der Waals surface area contributed by atoms with E-state index in [1.807, 2.05) is 13.8 Å². The maximum absolute atomic E-state index is 12.2. The molecule has 1 aromatic rings. The van der Waals surface area contributed by atoms with Crippen LogP contribution in [-0.2, 0) is 4.79 Å². The van der Waals surface area contributed by atoms with E-state index in [0.717, 1.165) is 16.7 Å². The minimum Gasteiger partial charge on any atom is -0.295 e. The van der Waals surface area contributed by atoms with Gasteiger partial charge in [0.15, 0.2) is 5.78 Å². The van der Waals surface area contributed by atoms with Crippen LogP contribution in [-0.4, -0.2) is 15.8 Å². The Labute approximate surface area is 128 Å². The van der Waals surface area contributed by atoms with Crippen LogP contribution >= 0.6 is 23.2 Å². The molecule has 3 nitrogen and oxygen atoms in total. The van der Waals surface area contributed by atoms with E-state index >= 15 is 0 Å². The van der Waals surface area contributed by atoms with Crippen LogP contribution in [0.5, 0.6) is 0 Å². The topological polar surface area (TPSA) is 42.9 Å². The van der Waals surface area contributed by atoms with E-state index in [-0.39, 0.29) is 28.1 Å².